The molecule has 1 spiro atoms. The van der Waals surface area contributed by atoms with E-state index in [0.29, 0.717) is 24.5 Å². The van der Waals surface area contributed by atoms with Gasteiger partial charge < -0.3 is 29.2 Å². The van der Waals surface area contributed by atoms with E-state index in [9.17, 15) is 5.11 Å². The van der Waals surface area contributed by atoms with Crippen molar-refractivity contribution in [3.63, 3.8) is 0 Å². The molecule has 0 aliphatic carbocycles. The third-order valence-electron chi connectivity index (χ3n) is 6.69. The molecule has 2 aromatic rings. The topological polar surface area (TPSA) is 80.6 Å². The quantitative estimate of drug-likeness (QED) is 0.530. The molecular formula is C27H37NO6. The van der Waals surface area contributed by atoms with Gasteiger partial charge in [0.1, 0.15) is 17.6 Å². The lowest BCUT2D eigenvalue weighted by Crippen LogP contribution is -2.51. The van der Waals surface area contributed by atoms with Gasteiger partial charge in [-0.05, 0) is 37.6 Å². The molecule has 0 amide bonds. The summed E-state index contributed by atoms with van der Waals surface area (Å²) in [5.74, 6) is 2.09. The number of ether oxygens (including phenoxy) is 4. The van der Waals surface area contributed by atoms with Gasteiger partial charge >= 0.3 is 0 Å². The van der Waals surface area contributed by atoms with Gasteiger partial charge in [-0.1, -0.05) is 24.3 Å². The SMILES string of the molecule is COc1cc(C(O)N2CCC3(CC2)C[C@@H](OC(C)C)c2ccccc2O3)ccc1OCCCO. The summed E-state index contributed by atoms with van der Waals surface area (Å²) in [6.07, 6.45) is 2.42. The number of rotatable bonds is 9. The summed E-state index contributed by atoms with van der Waals surface area (Å²) in [6, 6.07) is 13.7. The monoisotopic (exact) mass is 471 g/mol. The zero-order valence-corrected chi connectivity index (χ0v) is 20.4. The van der Waals surface area contributed by atoms with E-state index in [1.165, 1.54) is 0 Å². The molecule has 2 heterocycles. The Labute approximate surface area is 202 Å². The summed E-state index contributed by atoms with van der Waals surface area (Å²) in [4.78, 5) is 2.08. The molecule has 1 saturated heterocycles. The molecule has 2 aliphatic rings. The normalized spacial score (nSPS) is 20.6. The van der Waals surface area contributed by atoms with E-state index in [1.54, 1.807) is 7.11 Å². The van der Waals surface area contributed by atoms with Crippen molar-refractivity contribution in [2.45, 2.75) is 63.6 Å². The van der Waals surface area contributed by atoms with Crippen molar-refractivity contribution in [2.75, 3.05) is 33.4 Å². The van der Waals surface area contributed by atoms with Crippen LogP contribution in [0, 0.1) is 0 Å². The minimum Gasteiger partial charge on any atom is -0.493 e. The van der Waals surface area contributed by atoms with Crippen LogP contribution in [0.3, 0.4) is 0 Å². The second kappa shape index (κ2) is 11.0. The molecule has 7 nitrogen and oxygen atoms in total. The van der Waals surface area contributed by atoms with Crippen LogP contribution in [0.4, 0.5) is 0 Å². The average Bonchev–Trinajstić information content (AvgIpc) is 2.84. The van der Waals surface area contributed by atoms with Gasteiger partial charge in [0.05, 0.1) is 25.9 Å². The third-order valence-corrected chi connectivity index (χ3v) is 6.69. The number of likely N-dealkylation sites (tertiary alicyclic amines) is 1. The highest BCUT2D eigenvalue weighted by atomic mass is 16.5. The van der Waals surface area contributed by atoms with Gasteiger partial charge in [0, 0.05) is 50.9 Å². The average molecular weight is 472 g/mol. The van der Waals surface area contributed by atoms with Crippen molar-refractivity contribution in [2.24, 2.45) is 0 Å². The van der Waals surface area contributed by atoms with Gasteiger partial charge in [-0.15, -0.1) is 0 Å². The Hall–Kier alpha value is -2.32. The molecule has 2 atom stereocenters. The molecule has 0 bridgehead atoms. The van der Waals surface area contributed by atoms with Crippen LogP contribution in [0.5, 0.6) is 17.2 Å². The number of aliphatic hydroxyl groups is 2. The fourth-order valence-corrected chi connectivity index (χ4v) is 4.92. The summed E-state index contributed by atoms with van der Waals surface area (Å²) < 4.78 is 24.0. The molecule has 1 unspecified atom stereocenters. The molecule has 4 rings (SSSR count). The zero-order chi connectivity index (χ0) is 24.1. The molecule has 0 saturated carbocycles. The standard InChI is InChI=1S/C27H37NO6/c1-19(2)33-25-18-27(34-22-8-5-4-7-21(22)25)11-13-28(14-12-27)26(30)20-9-10-23(24(17-20)31-3)32-16-6-15-29/h4-5,7-10,17,19,25-26,29-30H,6,11-16,18H2,1-3H3/t25-,26?/m1/s1. The second-order valence-electron chi connectivity index (χ2n) is 9.45. The largest absolute Gasteiger partial charge is 0.493 e. The summed E-state index contributed by atoms with van der Waals surface area (Å²) in [5, 5.41) is 20.1. The fraction of sp³-hybridized carbons (Fsp3) is 0.556. The zero-order valence-electron chi connectivity index (χ0n) is 20.4. The summed E-state index contributed by atoms with van der Waals surface area (Å²) in [7, 11) is 1.59. The predicted molar refractivity (Wildman–Crippen MR) is 129 cm³/mol. The number of nitrogens with zero attached hydrogens (tertiary/aromatic N) is 1. The van der Waals surface area contributed by atoms with Gasteiger partial charge in [0.25, 0.3) is 0 Å². The van der Waals surface area contributed by atoms with E-state index in [1.807, 2.05) is 36.4 Å². The van der Waals surface area contributed by atoms with Gasteiger partial charge in [0.2, 0.25) is 0 Å². The highest BCUT2D eigenvalue weighted by Gasteiger charge is 2.44. The van der Waals surface area contributed by atoms with Crippen LogP contribution in [-0.4, -0.2) is 60.2 Å². The number of fused-ring (bicyclic) bond motifs is 1. The lowest BCUT2D eigenvalue weighted by atomic mass is 9.81. The molecule has 186 valence electrons. The van der Waals surface area contributed by atoms with Crippen LogP contribution in [0.25, 0.3) is 0 Å². The Kier molecular flexibility index (Phi) is 7.99. The first-order valence-electron chi connectivity index (χ1n) is 12.2. The molecule has 0 radical (unpaired) electrons. The molecule has 0 aromatic heterocycles. The van der Waals surface area contributed by atoms with Crippen LogP contribution in [-0.2, 0) is 4.74 Å². The molecule has 2 aliphatic heterocycles. The minimum absolute atomic E-state index is 0.0177. The third kappa shape index (κ3) is 5.49. The maximum atomic E-state index is 11.1. The molecule has 1 fully saturated rings. The lowest BCUT2D eigenvalue weighted by molar-refractivity contribution is -0.109. The van der Waals surface area contributed by atoms with Crippen LogP contribution in [0.2, 0.25) is 0 Å². The molecule has 2 aromatic carbocycles. The highest BCUT2D eigenvalue weighted by Crippen LogP contribution is 2.46. The Morgan fingerprint density at radius 3 is 2.59 bits per heavy atom. The van der Waals surface area contributed by atoms with Gasteiger partial charge in [-0.3, -0.25) is 4.90 Å². The fourth-order valence-electron chi connectivity index (χ4n) is 4.92. The Bertz CT molecular complexity index is 940. The number of methoxy groups -OCH3 is 1. The van der Waals surface area contributed by atoms with E-state index < -0.39 is 6.23 Å². The van der Waals surface area contributed by atoms with E-state index in [-0.39, 0.29) is 24.4 Å². The minimum atomic E-state index is -0.740. The van der Waals surface area contributed by atoms with Gasteiger partial charge in [-0.2, -0.15) is 0 Å². The molecule has 7 heteroatoms. The first-order chi connectivity index (χ1) is 16.4. The molecule has 34 heavy (non-hydrogen) atoms. The predicted octanol–water partition coefficient (Wildman–Crippen LogP) is 4.23. The van der Waals surface area contributed by atoms with E-state index >= 15 is 0 Å². The smallest absolute Gasteiger partial charge is 0.161 e. The van der Waals surface area contributed by atoms with Crippen LogP contribution in [0.1, 0.15) is 63.0 Å². The van der Waals surface area contributed by atoms with Crippen molar-refractivity contribution in [3.05, 3.63) is 53.6 Å². The van der Waals surface area contributed by atoms with Crippen molar-refractivity contribution in [1.29, 1.82) is 0 Å². The van der Waals surface area contributed by atoms with Crippen LogP contribution < -0.4 is 14.2 Å². The summed E-state index contributed by atoms with van der Waals surface area (Å²) >= 11 is 0. The number of benzene rings is 2. The summed E-state index contributed by atoms with van der Waals surface area (Å²) in [5.41, 5.74) is 1.60. The van der Waals surface area contributed by atoms with Crippen molar-refractivity contribution >= 4 is 0 Å². The van der Waals surface area contributed by atoms with Crippen LogP contribution >= 0.6 is 0 Å². The van der Waals surface area contributed by atoms with Gasteiger partial charge in [-0.25, -0.2) is 0 Å². The first kappa shape index (κ1) is 24.8. The van der Waals surface area contributed by atoms with Crippen molar-refractivity contribution < 1.29 is 29.2 Å². The summed E-state index contributed by atoms with van der Waals surface area (Å²) in [6.45, 7) is 6.06. The Morgan fingerprint density at radius 2 is 1.88 bits per heavy atom. The Balaban J connectivity index is 1.43. The van der Waals surface area contributed by atoms with E-state index in [4.69, 9.17) is 24.1 Å². The molecular weight excluding hydrogens is 434 g/mol. The highest BCUT2D eigenvalue weighted by molar-refractivity contribution is 5.43. The maximum Gasteiger partial charge on any atom is 0.161 e. The number of para-hydroxylation sites is 1. The van der Waals surface area contributed by atoms with E-state index in [0.717, 1.165) is 49.2 Å². The van der Waals surface area contributed by atoms with Crippen LogP contribution in [0.15, 0.2) is 42.5 Å². The number of hydrogen-bond donors (Lipinski definition) is 2. The number of piperidine rings is 1. The van der Waals surface area contributed by atoms with Crippen molar-refractivity contribution in [1.82, 2.24) is 4.90 Å². The number of aliphatic hydroxyl groups excluding tert-OH is 2. The van der Waals surface area contributed by atoms with E-state index in [2.05, 4.69) is 24.8 Å². The Morgan fingerprint density at radius 1 is 1.12 bits per heavy atom. The maximum absolute atomic E-state index is 11.1. The van der Waals surface area contributed by atoms with Gasteiger partial charge in [0.15, 0.2) is 11.5 Å². The number of hydrogen-bond acceptors (Lipinski definition) is 7. The first-order valence-corrected chi connectivity index (χ1v) is 12.2. The second-order valence-corrected chi connectivity index (χ2v) is 9.45. The molecule has 2 N–H and O–H groups in total. The lowest BCUT2D eigenvalue weighted by Gasteiger charge is -2.47. The van der Waals surface area contributed by atoms with Crippen molar-refractivity contribution in [3.8, 4) is 17.2 Å².